The van der Waals surface area contributed by atoms with Gasteiger partial charge < -0.3 is 4.98 Å². The summed E-state index contributed by atoms with van der Waals surface area (Å²) in [5.74, 6) is 0.0543. The lowest BCUT2D eigenvalue weighted by molar-refractivity contribution is -0.123. The number of aryl methyl sites for hydroxylation is 1. The SMILES string of the molecule is Cc1ccc([C@H]2c3sc(=O)[nH]c3S[C@@H]3[C@H]4C[C@@H]([C@@H]5C(=O)N(c6ccccc6)C(=O)[C@H]45)[C@@H]23)cc1. The minimum atomic E-state index is -0.255. The highest BCUT2D eigenvalue weighted by Crippen LogP contribution is 2.68. The van der Waals surface area contributed by atoms with E-state index in [4.69, 9.17) is 0 Å². The number of hydrogen-bond donors (Lipinski definition) is 1. The predicted molar refractivity (Wildman–Crippen MR) is 129 cm³/mol. The van der Waals surface area contributed by atoms with Crippen molar-refractivity contribution in [2.75, 3.05) is 4.90 Å². The number of rotatable bonds is 2. The summed E-state index contributed by atoms with van der Waals surface area (Å²) in [6.07, 6.45) is 0.916. The van der Waals surface area contributed by atoms with E-state index < -0.39 is 0 Å². The lowest BCUT2D eigenvalue weighted by Gasteiger charge is -2.43. The third-order valence-corrected chi connectivity index (χ3v) is 10.8. The summed E-state index contributed by atoms with van der Waals surface area (Å²) in [6, 6.07) is 17.9. The summed E-state index contributed by atoms with van der Waals surface area (Å²) in [5.41, 5.74) is 3.08. The molecule has 7 heteroatoms. The first-order valence-electron chi connectivity index (χ1n) is 11.4. The van der Waals surface area contributed by atoms with E-state index in [0.717, 1.165) is 16.3 Å². The Kier molecular flexibility index (Phi) is 4.16. The van der Waals surface area contributed by atoms with Gasteiger partial charge in [0.05, 0.1) is 22.5 Å². The van der Waals surface area contributed by atoms with Gasteiger partial charge in [0.2, 0.25) is 11.8 Å². The maximum atomic E-state index is 13.6. The minimum Gasteiger partial charge on any atom is -0.307 e. The predicted octanol–water partition coefficient (Wildman–Crippen LogP) is 4.42. The summed E-state index contributed by atoms with van der Waals surface area (Å²) in [4.78, 5) is 45.1. The highest BCUT2D eigenvalue weighted by molar-refractivity contribution is 8.00. The number of para-hydroxylation sites is 1. The normalized spacial score (nSPS) is 33.8. The maximum absolute atomic E-state index is 13.6. The molecule has 2 bridgehead atoms. The Hall–Kier alpha value is -2.64. The molecule has 0 spiro atoms. The number of carbonyl (C=O) groups excluding carboxylic acids is 2. The molecule has 3 fully saturated rings. The molecule has 2 aliphatic carbocycles. The zero-order valence-electron chi connectivity index (χ0n) is 17.9. The van der Waals surface area contributed by atoms with E-state index in [1.165, 1.54) is 27.4 Å². The van der Waals surface area contributed by atoms with E-state index in [1.54, 1.807) is 11.8 Å². The number of anilines is 1. The van der Waals surface area contributed by atoms with Gasteiger partial charge in [0.1, 0.15) is 0 Å². The Morgan fingerprint density at radius 2 is 1.61 bits per heavy atom. The summed E-state index contributed by atoms with van der Waals surface area (Å²) >= 11 is 3.04. The van der Waals surface area contributed by atoms with Crippen LogP contribution in [-0.4, -0.2) is 22.0 Å². The second kappa shape index (κ2) is 6.93. The topological polar surface area (TPSA) is 70.2 Å². The van der Waals surface area contributed by atoms with Gasteiger partial charge in [-0.1, -0.05) is 59.4 Å². The average Bonchev–Trinajstić information content (AvgIpc) is 3.54. The number of nitrogens with one attached hydrogen (secondary N) is 1. The zero-order chi connectivity index (χ0) is 22.4. The Morgan fingerprint density at radius 1 is 0.909 bits per heavy atom. The van der Waals surface area contributed by atoms with Crippen LogP contribution in [0.5, 0.6) is 0 Å². The molecule has 2 aromatic carbocycles. The van der Waals surface area contributed by atoms with E-state index in [9.17, 15) is 14.4 Å². The minimum absolute atomic E-state index is 0.0282. The number of imide groups is 1. The van der Waals surface area contributed by atoms with Gasteiger partial charge in [-0.25, -0.2) is 0 Å². The number of nitrogens with zero attached hydrogens (tertiary/aromatic N) is 1. The molecule has 7 atom stereocenters. The lowest BCUT2D eigenvalue weighted by atomic mass is 9.68. The van der Waals surface area contributed by atoms with Crippen LogP contribution in [0, 0.1) is 36.5 Å². The fraction of sp³-hybridized carbons (Fsp3) is 0.346. The molecule has 0 unspecified atom stereocenters. The van der Waals surface area contributed by atoms with Gasteiger partial charge >= 0.3 is 4.87 Å². The van der Waals surface area contributed by atoms with Gasteiger partial charge in [-0.15, -0.1) is 11.8 Å². The van der Waals surface area contributed by atoms with Crippen molar-refractivity contribution in [3.05, 3.63) is 80.3 Å². The van der Waals surface area contributed by atoms with Gasteiger partial charge in [-0.2, -0.15) is 0 Å². The molecule has 5 nitrogen and oxygen atoms in total. The Bertz CT molecular complexity index is 1350. The van der Waals surface area contributed by atoms with Crippen LogP contribution >= 0.6 is 23.1 Å². The van der Waals surface area contributed by atoms with E-state index in [0.29, 0.717) is 5.69 Å². The monoisotopic (exact) mass is 474 g/mol. The molecule has 1 aromatic heterocycles. The average molecular weight is 475 g/mol. The number of amides is 2. The van der Waals surface area contributed by atoms with Crippen LogP contribution in [0.25, 0.3) is 0 Å². The molecule has 2 amide bonds. The van der Waals surface area contributed by atoms with Crippen molar-refractivity contribution in [3.8, 4) is 0 Å². The standard InChI is InChI=1S/C26H22N2O3S2/c1-12-7-9-13(10-8-12)17-18-15-11-16(21(18)32-23-22(17)33-26(31)27-23)20-19(15)24(29)28(25(20)30)14-5-3-2-4-6-14/h2-10,15-21H,11H2,1H3,(H,27,31)/t15-,16+,17-,18+,19+,20-,21-/m1/s1. The number of benzene rings is 2. The van der Waals surface area contributed by atoms with Crippen LogP contribution in [-0.2, 0) is 9.59 Å². The Balaban J connectivity index is 1.34. The molecule has 1 saturated heterocycles. The molecule has 166 valence electrons. The summed E-state index contributed by atoms with van der Waals surface area (Å²) < 4.78 is 0. The van der Waals surface area contributed by atoms with Gasteiger partial charge in [0, 0.05) is 16.0 Å². The Morgan fingerprint density at radius 3 is 2.33 bits per heavy atom. The van der Waals surface area contributed by atoms with E-state index in [1.807, 2.05) is 30.3 Å². The highest BCUT2D eigenvalue weighted by Gasteiger charge is 2.69. The van der Waals surface area contributed by atoms with Crippen molar-refractivity contribution in [2.24, 2.45) is 29.6 Å². The first kappa shape index (κ1) is 19.8. The molecule has 2 saturated carbocycles. The van der Waals surface area contributed by atoms with Crippen molar-refractivity contribution < 1.29 is 9.59 Å². The number of aromatic nitrogens is 1. The molecule has 3 heterocycles. The van der Waals surface area contributed by atoms with Crippen molar-refractivity contribution in [1.29, 1.82) is 0 Å². The molecule has 3 aromatic rings. The highest BCUT2D eigenvalue weighted by atomic mass is 32.2. The van der Waals surface area contributed by atoms with Gasteiger partial charge in [0.25, 0.3) is 0 Å². The number of thioether (sulfide) groups is 1. The van der Waals surface area contributed by atoms with Crippen LogP contribution in [0.3, 0.4) is 0 Å². The number of H-pyrrole nitrogens is 1. The fourth-order valence-corrected chi connectivity index (χ4v) is 9.88. The van der Waals surface area contributed by atoms with E-state index in [-0.39, 0.29) is 57.4 Å². The molecular weight excluding hydrogens is 452 g/mol. The zero-order valence-corrected chi connectivity index (χ0v) is 19.6. The van der Waals surface area contributed by atoms with Crippen molar-refractivity contribution in [1.82, 2.24) is 4.98 Å². The fourth-order valence-electron chi connectivity index (χ4n) is 7.00. The summed E-state index contributed by atoms with van der Waals surface area (Å²) in [7, 11) is 0. The van der Waals surface area contributed by atoms with Crippen molar-refractivity contribution in [3.63, 3.8) is 0 Å². The summed E-state index contributed by atoms with van der Waals surface area (Å²) in [5, 5.41) is 1.19. The first-order valence-corrected chi connectivity index (χ1v) is 13.1. The third-order valence-electron chi connectivity index (χ3n) is 8.17. The third kappa shape index (κ3) is 2.63. The molecule has 33 heavy (non-hydrogen) atoms. The molecule has 0 radical (unpaired) electrons. The van der Waals surface area contributed by atoms with Crippen LogP contribution in [0.15, 0.2) is 64.4 Å². The maximum Gasteiger partial charge on any atom is 0.305 e. The molecular formula is C26H22N2O3S2. The molecule has 2 aliphatic heterocycles. The smallest absolute Gasteiger partial charge is 0.305 e. The second-order valence-electron chi connectivity index (χ2n) is 9.72. The van der Waals surface area contributed by atoms with Gasteiger partial charge in [-0.05, 0) is 48.8 Å². The number of carbonyl (C=O) groups is 2. The molecule has 4 aliphatic rings. The molecule has 7 rings (SSSR count). The van der Waals surface area contributed by atoms with Gasteiger partial charge in [0.15, 0.2) is 0 Å². The van der Waals surface area contributed by atoms with E-state index in [2.05, 4.69) is 36.2 Å². The van der Waals surface area contributed by atoms with Crippen LogP contribution < -0.4 is 9.77 Å². The largest absolute Gasteiger partial charge is 0.307 e. The van der Waals surface area contributed by atoms with E-state index >= 15 is 0 Å². The van der Waals surface area contributed by atoms with Gasteiger partial charge in [-0.3, -0.25) is 19.3 Å². The van der Waals surface area contributed by atoms with Crippen molar-refractivity contribution >= 4 is 40.6 Å². The summed E-state index contributed by atoms with van der Waals surface area (Å²) in [6.45, 7) is 2.08. The quantitative estimate of drug-likeness (QED) is 0.558. The number of thiazole rings is 1. The van der Waals surface area contributed by atoms with Crippen LogP contribution in [0.1, 0.15) is 28.3 Å². The number of aromatic amines is 1. The van der Waals surface area contributed by atoms with Crippen molar-refractivity contribution in [2.45, 2.75) is 29.5 Å². The number of fused-ring (bicyclic) bond motifs is 9. The van der Waals surface area contributed by atoms with Crippen LogP contribution in [0.4, 0.5) is 5.69 Å². The molecule has 1 N–H and O–H groups in total. The number of hydrogen-bond acceptors (Lipinski definition) is 5. The Labute approximate surface area is 199 Å². The lowest BCUT2D eigenvalue weighted by Crippen LogP contribution is -2.42. The first-order chi connectivity index (χ1) is 16.0. The van der Waals surface area contributed by atoms with Crippen LogP contribution in [0.2, 0.25) is 0 Å². The second-order valence-corrected chi connectivity index (χ2v) is 11.9.